The molecule has 1 nitrogen and oxygen atoms in total. The van der Waals surface area contributed by atoms with Gasteiger partial charge in [-0.25, -0.2) is 22.0 Å². The fraction of sp³-hybridized carbons (Fsp3) is 0.860. The van der Waals surface area contributed by atoms with Crippen LogP contribution >= 0.6 is 0 Å². The maximum atomic E-state index is 15.0. The maximum Gasteiger partial charge on any atom is 0.199 e. The minimum atomic E-state index is -1.93. The highest BCUT2D eigenvalue weighted by atomic mass is 19.2. The summed E-state index contributed by atoms with van der Waals surface area (Å²) in [5.41, 5.74) is -1.13. The average molecular weight is 702 g/mol. The highest BCUT2D eigenvalue weighted by molar-refractivity contribution is 5.56. The van der Waals surface area contributed by atoms with E-state index in [4.69, 9.17) is 0 Å². The molecule has 0 saturated carbocycles. The Labute approximate surface area is 300 Å². The topological polar surface area (TPSA) is 3.24 Å². The molecule has 1 aromatic rings. The van der Waals surface area contributed by atoms with Crippen LogP contribution in [0.15, 0.2) is 0 Å². The maximum absolute atomic E-state index is 15.0. The first-order valence-electron chi connectivity index (χ1n) is 21.1. The zero-order valence-electron chi connectivity index (χ0n) is 32.1. The predicted molar refractivity (Wildman–Crippen MR) is 202 cm³/mol. The lowest BCUT2D eigenvalue weighted by molar-refractivity contribution is 0.386. The molecule has 0 saturated heterocycles. The molecule has 0 aliphatic carbocycles. The smallest absolute Gasteiger partial charge is 0.199 e. The van der Waals surface area contributed by atoms with Crippen LogP contribution in [0.2, 0.25) is 0 Å². The van der Waals surface area contributed by atoms with Gasteiger partial charge in [-0.2, -0.15) is 0 Å². The Hall–Kier alpha value is -1.33. The standard InChI is InChI=1S/C43H76F5N/c1-3-5-7-9-11-13-15-17-19-21-23-25-27-29-31-33-35-49(43-38(37-44)39(45)40(46)41(47)42(43)48)36-34-32-30-28-26-24-22-20-18-16-14-12-10-8-6-4-2/h3-37H2,1-2H3. The summed E-state index contributed by atoms with van der Waals surface area (Å²) in [6, 6.07) is 0. The number of hydrogen-bond donors (Lipinski definition) is 0. The Morgan fingerprint density at radius 1 is 0.327 bits per heavy atom. The molecule has 0 aliphatic rings. The molecular weight excluding hydrogens is 625 g/mol. The lowest BCUT2D eigenvalue weighted by atomic mass is 10.0. The van der Waals surface area contributed by atoms with Crippen LogP contribution in [-0.2, 0) is 6.67 Å². The quantitative estimate of drug-likeness (QED) is 0.0291. The van der Waals surface area contributed by atoms with E-state index in [2.05, 4.69) is 13.8 Å². The van der Waals surface area contributed by atoms with Crippen LogP contribution in [-0.4, -0.2) is 13.1 Å². The lowest BCUT2D eigenvalue weighted by Crippen LogP contribution is -2.29. The van der Waals surface area contributed by atoms with E-state index in [1.807, 2.05) is 0 Å². The largest absolute Gasteiger partial charge is 0.369 e. The highest BCUT2D eigenvalue weighted by Crippen LogP contribution is 2.33. The first-order valence-corrected chi connectivity index (χ1v) is 21.1. The Balaban J connectivity index is 2.32. The summed E-state index contributed by atoms with van der Waals surface area (Å²) in [5, 5.41) is 0. The highest BCUT2D eigenvalue weighted by Gasteiger charge is 2.28. The summed E-state index contributed by atoms with van der Waals surface area (Å²) < 4.78 is 71.5. The van der Waals surface area contributed by atoms with Gasteiger partial charge in [-0.1, -0.05) is 206 Å². The average Bonchev–Trinajstić information content (AvgIpc) is 3.11. The summed E-state index contributed by atoms with van der Waals surface area (Å²) in [6.07, 6.45) is 39.5. The molecule has 0 aliphatic heterocycles. The van der Waals surface area contributed by atoms with Gasteiger partial charge in [0.05, 0.1) is 5.69 Å². The normalized spacial score (nSPS) is 11.6. The van der Waals surface area contributed by atoms with Gasteiger partial charge in [-0.05, 0) is 12.8 Å². The fourth-order valence-corrected chi connectivity index (χ4v) is 7.15. The fourth-order valence-electron chi connectivity index (χ4n) is 7.15. The number of unbranched alkanes of at least 4 members (excludes halogenated alkanes) is 30. The van der Waals surface area contributed by atoms with Crippen LogP contribution in [0.1, 0.15) is 225 Å². The molecule has 6 heteroatoms. The number of hydrogen-bond acceptors (Lipinski definition) is 1. The third-order valence-electron chi connectivity index (χ3n) is 10.3. The minimum absolute atomic E-state index is 0.381. The number of alkyl halides is 1. The van der Waals surface area contributed by atoms with Gasteiger partial charge < -0.3 is 4.90 Å². The second kappa shape index (κ2) is 32.6. The summed E-state index contributed by atoms with van der Waals surface area (Å²) in [6.45, 7) is 3.90. The molecule has 0 atom stereocenters. The predicted octanol–water partition coefficient (Wildman–Crippen LogP) is 16.0. The summed E-state index contributed by atoms with van der Waals surface area (Å²) >= 11 is 0. The SMILES string of the molecule is CCCCCCCCCCCCCCCCCCN(CCCCCCCCCCCCCCCCCC)c1c(F)c(F)c(F)c(F)c1CF. The number of rotatable bonds is 36. The van der Waals surface area contributed by atoms with E-state index in [0.717, 1.165) is 51.4 Å². The first-order chi connectivity index (χ1) is 24.0. The van der Waals surface area contributed by atoms with Crippen molar-refractivity contribution in [2.45, 2.75) is 226 Å². The van der Waals surface area contributed by atoms with Crippen LogP contribution in [0.3, 0.4) is 0 Å². The Kier molecular flexibility index (Phi) is 30.4. The molecule has 0 heterocycles. The molecule has 0 radical (unpaired) electrons. The monoisotopic (exact) mass is 702 g/mol. The van der Waals surface area contributed by atoms with Crippen LogP contribution in [0.25, 0.3) is 0 Å². The molecule has 288 valence electrons. The van der Waals surface area contributed by atoms with Gasteiger partial charge >= 0.3 is 0 Å². The molecular formula is C43H76F5N. The molecule has 0 N–H and O–H groups in total. The third kappa shape index (κ3) is 22.3. The van der Waals surface area contributed by atoms with Crippen molar-refractivity contribution in [3.63, 3.8) is 0 Å². The molecule has 0 amide bonds. The minimum Gasteiger partial charge on any atom is -0.369 e. The molecule has 0 aromatic heterocycles. The van der Waals surface area contributed by atoms with Crippen molar-refractivity contribution in [2.75, 3.05) is 18.0 Å². The summed E-state index contributed by atoms with van der Waals surface area (Å²) in [5.74, 6) is -6.87. The van der Waals surface area contributed by atoms with E-state index < -0.39 is 41.2 Å². The van der Waals surface area contributed by atoms with Crippen molar-refractivity contribution < 1.29 is 22.0 Å². The van der Waals surface area contributed by atoms with Gasteiger partial charge in [0.2, 0.25) is 0 Å². The Bertz CT molecular complexity index is 856. The Morgan fingerprint density at radius 3 is 0.837 bits per heavy atom. The zero-order chi connectivity index (χ0) is 35.8. The van der Waals surface area contributed by atoms with Crippen molar-refractivity contribution in [1.29, 1.82) is 0 Å². The molecule has 0 fully saturated rings. The van der Waals surface area contributed by atoms with Crippen LogP contribution in [0.5, 0.6) is 0 Å². The van der Waals surface area contributed by atoms with Crippen molar-refractivity contribution in [3.8, 4) is 0 Å². The summed E-state index contributed by atoms with van der Waals surface area (Å²) in [4.78, 5) is 1.57. The zero-order valence-corrected chi connectivity index (χ0v) is 32.1. The van der Waals surface area contributed by atoms with E-state index >= 15 is 0 Å². The van der Waals surface area contributed by atoms with E-state index in [1.54, 1.807) is 4.90 Å². The first kappa shape index (κ1) is 45.7. The number of benzene rings is 1. The third-order valence-corrected chi connectivity index (χ3v) is 10.3. The van der Waals surface area contributed by atoms with Crippen LogP contribution in [0, 0.1) is 23.3 Å². The molecule has 0 bridgehead atoms. The number of anilines is 1. The number of halogens is 5. The summed E-state index contributed by atoms with van der Waals surface area (Å²) in [7, 11) is 0. The van der Waals surface area contributed by atoms with E-state index in [-0.39, 0.29) is 0 Å². The van der Waals surface area contributed by atoms with Crippen molar-refractivity contribution >= 4 is 5.69 Å². The van der Waals surface area contributed by atoms with Gasteiger partial charge in [-0.3, -0.25) is 0 Å². The molecule has 0 spiro atoms. The molecule has 1 aromatic carbocycles. The van der Waals surface area contributed by atoms with Gasteiger partial charge in [0, 0.05) is 18.7 Å². The van der Waals surface area contributed by atoms with Crippen molar-refractivity contribution in [2.24, 2.45) is 0 Å². The van der Waals surface area contributed by atoms with E-state index in [0.29, 0.717) is 13.1 Å². The van der Waals surface area contributed by atoms with Crippen LogP contribution < -0.4 is 4.90 Å². The van der Waals surface area contributed by atoms with Gasteiger partial charge in [0.1, 0.15) is 6.67 Å². The Morgan fingerprint density at radius 2 is 0.571 bits per heavy atom. The van der Waals surface area contributed by atoms with Crippen molar-refractivity contribution in [3.05, 3.63) is 28.8 Å². The van der Waals surface area contributed by atoms with Gasteiger partial charge in [0.25, 0.3) is 0 Å². The number of nitrogens with zero attached hydrogens (tertiary/aromatic N) is 1. The van der Waals surface area contributed by atoms with Gasteiger partial charge in [-0.15, -0.1) is 0 Å². The van der Waals surface area contributed by atoms with Gasteiger partial charge in [0.15, 0.2) is 23.3 Å². The molecule has 49 heavy (non-hydrogen) atoms. The van der Waals surface area contributed by atoms with Crippen molar-refractivity contribution in [1.82, 2.24) is 0 Å². The molecule has 1 rings (SSSR count). The van der Waals surface area contributed by atoms with Crippen LogP contribution in [0.4, 0.5) is 27.6 Å². The lowest BCUT2D eigenvalue weighted by Gasteiger charge is -2.28. The second-order valence-corrected chi connectivity index (χ2v) is 14.8. The van der Waals surface area contributed by atoms with E-state index in [1.165, 1.54) is 154 Å². The van der Waals surface area contributed by atoms with E-state index in [9.17, 15) is 22.0 Å². The molecule has 0 unspecified atom stereocenters. The second-order valence-electron chi connectivity index (χ2n) is 14.8.